The molecule has 2 N–H and O–H groups in total. The Morgan fingerprint density at radius 1 is 1.31 bits per heavy atom. The van der Waals surface area contributed by atoms with E-state index in [9.17, 15) is 24.2 Å². The number of rotatable bonds is 3. The zero-order valence-electron chi connectivity index (χ0n) is 14.7. The molecule has 1 aliphatic carbocycles. The van der Waals surface area contributed by atoms with Crippen LogP contribution in [0, 0.1) is 18.7 Å². The van der Waals surface area contributed by atoms with Gasteiger partial charge < -0.3 is 19.7 Å². The van der Waals surface area contributed by atoms with Gasteiger partial charge in [0, 0.05) is 36.6 Å². The molecule has 2 aromatic rings. The average molecular weight is 360 g/mol. The molecule has 2 aliphatic rings. The molecular formula is C19H21FN2O4. The summed E-state index contributed by atoms with van der Waals surface area (Å²) >= 11 is 0. The van der Waals surface area contributed by atoms with Crippen molar-refractivity contribution >= 4 is 22.6 Å². The minimum atomic E-state index is -1.30. The second-order valence-electron chi connectivity index (χ2n) is 7.49. The third-order valence-corrected chi connectivity index (χ3v) is 5.54. The molecule has 6 nitrogen and oxygen atoms in total. The minimum absolute atomic E-state index is 0.0320. The van der Waals surface area contributed by atoms with Crippen LogP contribution in [0.5, 0.6) is 0 Å². The molecule has 26 heavy (non-hydrogen) atoms. The number of carboxylic acids is 1. The van der Waals surface area contributed by atoms with Gasteiger partial charge in [0.25, 0.3) is 0 Å². The molecule has 1 aromatic heterocycles. The van der Waals surface area contributed by atoms with Gasteiger partial charge in [-0.1, -0.05) is 6.92 Å². The monoisotopic (exact) mass is 360 g/mol. The highest BCUT2D eigenvalue weighted by molar-refractivity contribution is 5.95. The van der Waals surface area contributed by atoms with Crippen molar-refractivity contribution in [2.45, 2.75) is 38.8 Å². The van der Waals surface area contributed by atoms with Crippen molar-refractivity contribution in [2.24, 2.45) is 5.92 Å². The van der Waals surface area contributed by atoms with E-state index in [-0.39, 0.29) is 22.9 Å². The Balaban J connectivity index is 2.00. The topological polar surface area (TPSA) is 82.8 Å². The normalized spacial score (nSPS) is 23.0. The van der Waals surface area contributed by atoms with Gasteiger partial charge >= 0.3 is 5.97 Å². The largest absolute Gasteiger partial charge is 0.477 e. The predicted octanol–water partition coefficient (Wildman–Crippen LogP) is 2.30. The fourth-order valence-corrected chi connectivity index (χ4v) is 3.98. The minimum Gasteiger partial charge on any atom is -0.477 e. The highest BCUT2D eigenvalue weighted by atomic mass is 19.1. The number of carbonyl (C=O) groups is 1. The first-order valence-electron chi connectivity index (χ1n) is 8.83. The number of aliphatic hydroxyl groups excluding tert-OH is 1. The number of hydrogen-bond donors (Lipinski definition) is 2. The number of aliphatic hydroxyl groups is 1. The maximum Gasteiger partial charge on any atom is 0.341 e. The van der Waals surface area contributed by atoms with Crippen LogP contribution in [0.2, 0.25) is 0 Å². The van der Waals surface area contributed by atoms with Gasteiger partial charge in [-0.15, -0.1) is 0 Å². The van der Waals surface area contributed by atoms with E-state index in [4.69, 9.17) is 0 Å². The number of carboxylic acid groups (broad SMARTS) is 1. The molecule has 1 aliphatic heterocycles. The zero-order valence-corrected chi connectivity index (χ0v) is 14.7. The average Bonchev–Trinajstić information content (AvgIpc) is 3.35. The Bertz CT molecular complexity index is 970. The van der Waals surface area contributed by atoms with Gasteiger partial charge in [0.05, 0.1) is 17.3 Å². The molecule has 138 valence electrons. The van der Waals surface area contributed by atoms with E-state index in [1.165, 1.54) is 6.20 Å². The molecular weight excluding hydrogens is 339 g/mol. The van der Waals surface area contributed by atoms with Crippen LogP contribution in [0.1, 0.15) is 41.7 Å². The summed E-state index contributed by atoms with van der Waals surface area (Å²) in [5, 5.41) is 19.5. The Kier molecular flexibility index (Phi) is 3.80. The number of fused-ring (bicyclic) bond motifs is 1. The number of aryl methyl sites for hydroxylation is 1. The van der Waals surface area contributed by atoms with Crippen LogP contribution in [-0.2, 0) is 0 Å². The lowest BCUT2D eigenvalue weighted by Crippen LogP contribution is -2.25. The number of aromatic nitrogens is 1. The van der Waals surface area contributed by atoms with Crippen LogP contribution < -0.4 is 10.3 Å². The maximum atomic E-state index is 14.9. The number of nitrogens with zero attached hydrogens (tertiary/aromatic N) is 2. The predicted molar refractivity (Wildman–Crippen MR) is 95.5 cm³/mol. The van der Waals surface area contributed by atoms with Crippen molar-refractivity contribution in [3.63, 3.8) is 0 Å². The lowest BCUT2D eigenvalue weighted by Gasteiger charge is -2.24. The first-order valence-corrected chi connectivity index (χ1v) is 8.83. The van der Waals surface area contributed by atoms with Crippen LogP contribution in [0.4, 0.5) is 10.1 Å². The molecule has 0 amide bonds. The van der Waals surface area contributed by atoms with Gasteiger partial charge in [0.2, 0.25) is 5.43 Å². The zero-order chi connectivity index (χ0) is 18.7. The molecule has 2 heterocycles. The standard InChI is InChI=1S/C19H21FN2O4/c1-9-6-21(8-15(9)23)17-10(2)16-12(5-14(17)20)18(24)13(19(25)26)7-22(16)11-3-4-11/h5,7,9,11,15,23H,3-4,6,8H2,1-2H3,(H,25,26)/t9-,15+/m0/s1. The molecule has 1 aromatic carbocycles. The van der Waals surface area contributed by atoms with E-state index in [0.717, 1.165) is 18.9 Å². The molecule has 1 saturated heterocycles. The summed E-state index contributed by atoms with van der Waals surface area (Å²) < 4.78 is 16.7. The van der Waals surface area contributed by atoms with Gasteiger partial charge in [-0.3, -0.25) is 4.79 Å². The lowest BCUT2D eigenvalue weighted by molar-refractivity contribution is 0.0695. The highest BCUT2D eigenvalue weighted by Gasteiger charge is 2.33. The van der Waals surface area contributed by atoms with Gasteiger partial charge in [0.1, 0.15) is 11.4 Å². The van der Waals surface area contributed by atoms with Gasteiger partial charge in [-0.2, -0.15) is 0 Å². The number of halogens is 1. The molecule has 1 saturated carbocycles. The van der Waals surface area contributed by atoms with E-state index in [2.05, 4.69) is 0 Å². The summed E-state index contributed by atoms with van der Waals surface area (Å²) in [5.41, 5.74) is 0.599. The van der Waals surface area contributed by atoms with Gasteiger partial charge in [-0.05, 0) is 31.4 Å². The van der Waals surface area contributed by atoms with Crippen LogP contribution in [0.15, 0.2) is 17.1 Å². The molecule has 0 bridgehead atoms. The number of anilines is 1. The molecule has 0 spiro atoms. The van der Waals surface area contributed by atoms with E-state index < -0.39 is 23.3 Å². The van der Waals surface area contributed by atoms with Crippen LogP contribution in [-0.4, -0.2) is 39.9 Å². The van der Waals surface area contributed by atoms with Crippen molar-refractivity contribution in [3.05, 3.63) is 39.4 Å². The maximum absolute atomic E-state index is 14.9. The lowest BCUT2D eigenvalue weighted by atomic mass is 10.0. The summed E-state index contributed by atoms with van der Waals surface area (Å²) in [6, 6.07) is 1.29. The number of aromatic carboxylic acids is 1. The number of benzene rings is 1. The van der Waals surface area contributed by atoms with Crippen molar-refractivity contribution < 1.29 is 19.4 Å². The van der Waals surface area contributed by atoms with E-state index in [1.54, 1.807) is 6.92 Å². The molecule has 7 heteroatoms. The quantitative estimate of drug-likeness (QED) is 0.878. The number of β-amino-alcohol motifs (C(OH)–C–C–N with tert-alkyl or cyclic N) is 1. The summed E-state index contributed by atoms with van der Waals surface area (Å²) in [6.45, 7) is 4.55. The van der Waals surface area contributed by atoms with Crippen LogP contribution in [0.3, 0.4) is 0 Å². The van der Waals surface area contributed by atoms with E-state index in [1.807, 2.05) is 16.4 Å². The van der Waals surface area contributed by atoms with Gasteiger partial charge in [0.15, 0.2) is 0 Å². The van der Waals surface area contributed by atoms with Gasteiger partial charge in [-0.25, -0.2) is 9.18 Å². The molecule has 0 radical (unpaired) electrons. The summed E-state index contributed by atoms with van der Waals surface area (Å²) in [5.74, 6) is -1.83. The Labute approximate surface area is 149 Å². The van der Waals surface area contributed by atoms with Crippen LogP contribution >= 0.6 is 0 Å². The Hall–Kier alpha value is -2.41. The van der Waals surface area contributed by atoms with Crippen molar-refractivity contribution in [3.8, 4) is 0 Å². The Morgan fingerprint density at radius 3 is 2.54 bits per heavy atom. The van der Waals surface area contributed by atoms with E-state index >= 15 is 0 Å². The smallest absolute Gasteiger partial charge is 0.341 e. The van der Waals surface area contributed by atoms with Crippen molar-refractivity contribution in [2.75, 3.05) is 18.0 Å². The first-order chi connectivity index (χ1) is 12.3. The van der Waals surface area contributed by atoms with Crippen LogP contribution in [0.25, 0.3) is 10.9 Å². The molecule has 0 unspecified atom stereocenters. The number of hydrogen-bond acceptors (Lipinski definition) is 4. The fourth-order valence-electron chi connectivity index (χ4n) is 3.98. The Morgan fingerprint density at radius 2 is 2.00 bits per heavy atom. The number of pyridine rings is 1. The van der Waals surface area contributed by atoms with E-state index in [0.29, 0.717) is 29.9 Å². The first kappa shape index (κ1) is 17.0. The third kappa shape index (κ3) is 2.49. The van der Waals surface area contributed by atoms with Crippen molar-refractivity contribution in [1.82, 2.24) is 4.57 Å². The van der Waals surface area contributed by atoms with Crippen molar-refractivity contribution in [1.29, 1.82) is 0 Å². The second kappa shape index (κ2) is 5.81. The third-order valence-electron chi connectivity index (χ3n) is 5.54. The fraction of sp³-hybridized carbons (Fsp3) is 0.474. The summed E-state index contributed by atoms with van der Waals surface area (Å²) in [7, 11) is 0. The molecule has 2 atom stereocenters. The second-order valence-corrected chi connectivity index (χ2v) is 7.49. The molecule has 2 fully saturated rings. The summed E-state index contributed by atoms with van der Waals surface area (Å²) in [6.07, 6.45) is 2.68. The summed E-state index contributed by atoms with van der Waals surface area (Å²) in [4.78, 5) is 25.8. The highest BCUT2D eigenvalue weighted by Crippen LogP contribution is 2.40. The SMILES string of the molecule is Cc1c(N2C[C@@H](O)[C@@H](C)C2)c(F)cc2c(=O)c(C(=O)O)cn(C3CC3)c12. The molecule has 4 rings (SSSR count).